The molecule has 0 aromatic heterocycles. The monoisotopic (exact) mass is 165 g/mol. The molecule has 0 unspecified atom stereocenters. The molecule has 1 aromatic rings. The molecule has 0 atom stereocenters. The molecule has 0 amide bonds. The van der Waals surface area contributed by atoms with Crippen molar-refractivity contribution in [2.75, 3.05) is 11.5 Å². The number of hydrogen-bond acceptors (Lipinski definition) is 3. The van der Waals surface area contributed by atoms with Crippen molar-refractivity contribution in [3.05, 3.63) is 23.5 Å². The summed E-state index contributed by atoms with van der Waals surface area (Å²) in [6.45, 7) is 0. The van der Waals surface area contributed by atoms with Crippen LogP contribution < -0.4 is 11.5 Å². The van der Waals surface area contributed by atoms with Crippen LogP contribution in [0, 0.1) is 17.1 Å². The molecular formula is C8H8FN3. The molecule has 0 saturated heterocycles. The van der Waals surface area contributed by atoms with E-state index in [1.807, 2.05) is 6.07 Å². The number of anilines is 2. The minimum atomic E-state index is -0.569. The van der Waals surface area contributed by atoms with Crippen LogP contribution in [-0.2, 0) is 6.42 Å². The number of rotatable bonds is 1. The number of hydrogen-bond donors (Lipinski definition) is 2. The topological polar surface area (TPSA) is 75.8 Å². The fourth-order valence-electron chi connectivity index (χ4n) is 0.891. The lowest BCUT2D eigenvalue weighted by molar-refractivity contribution is 0.631. The van der Waals surface area contributed by atoms with Gasteiger partial charge in [-0.3, -0.25) is 0 Å². The van der Waals surface area contributed by atoms with Gasteiger partial charge >= 0.3 is 0 Å². The van der Waals surface area contributed by atoms with Gasteiger partial charge in [-0.1, -0.05) is 0 Å². The SMILES string of the molecule is N#CCc1cc(N)c(N)c(F)c1. The van der Waals surface area contributed by atoms with Gasteiger partial charge < -0.3 is 11.5 Å². The highest BCUT2D eigenvalue weighted by molar-refractivity contribution is 5.65. The standard InChI is InChI=1S/C8H8FN3/c9-6-3-5(1-2-10)4-7(11)8(6)12/h3-4H,1,11-12H2. The summed E-state index contributed by atoms with van der Waals surface area (Å²) in [6, 6.07) is 4.61. The molecule has 1 aromatic carbocycles. The second-order valence-corrected chi connectivity index (χ2v) is 2.42. The molecular weight excluding hydrogens is 157 g/mol. The number of nitriles is 1. The first-order valence-corrected chi connectivity index (χ1v) is 3.35. The maximum absolute atomic E-state index is 12.8. The average Bonchev–Trinajstić information content (AvgIpc) is 2.01. The summed E-state index contributed by atoms with van der Waals surface area (Å²) in [5, 5.41) is 8.33. The smallest absolute Gasteiger partial charge is 0.148 e. The molecule has 3 nitrogen and oxygen atoms in total. The number of nitrogens with zero attached hydrogens (tertiary/aromatic N) is 1. The van der Waals surface area contributed by atoms with Crippen LogP contribution in [0.1, 0.15) is 5.56 Å². The van der Waals surface area contributed by atoms with Crippen LogP contribution in [0.15, 0.2) is 12.1 Å². The largest absolute Gasteiger partial charge is 0.397 e. The van der Waals surface area contributed by atoms with E-state index in [4.69, 9.17) is 16.7 Å². The van der Waals surface area contributed by atoms with Crippen LogP contribution >= 0.6 is 0 Å². The first kappa shape index (κ1) is 8.34. The van der Waals surface area contributed by atoms with Crippen molar-refractivity contribution >= 4 is 11.4 Å². The van der Waals surface area contributed by atoms with E-state index < -0.39 is 5.82 Å². The zero-order valence-electron chi connectivity index (χ0n) is 6.34. The van der Waals surface area contributed by atoms with Crippen molar-refractivity contribution < 1.29 is 4.39 Å². The third-order valence-electron chi connectivity index (χ3n) is 1.50. The Morgan fingerprint density at radius 1 is 1.42 bits per heavy atom. The summed E-state index contributed by atoms with van der Waals surface area (Å²) in [5.41, 5.74) is 11.3. The Bertz CT molecular complexity index is 318. The Morgan fingerprint density at radius 3 is 2.58 bits per heavy atom. The van der Waals surface area contributed by atoms with Gasteiger partial charge in [0.25, 0.3) is 0 Å². The Balaban J connectivity index is 3.14. The minimum Gasteiger partial charge on any atom is -0.397 e. The van der Waals surface area contributed by atoms with Gasteiger partial charge in [-0.05, 0) is 17.7 Å². The van der Waals surface area contributed by atoms with Gasteiger partial charge in [0.2, 0.25) is 0 Å². The van der Waals surface area contributed by atoms with Gasteiger partial charge in [0.05, 0.1) is 23.9 Å². The Labute approximate surface area is 69.4 Å². The first-order chi connectivity index (χ1) is 5.65. The van der Waals surface area contributed by atoms with Crippen LogP contribution in [0.2, 0.25) is 0 Å². The molecule has 62 valence electrons. The first-order valence-electron chi connectivity index (χ1n) is 3.35. The second kappa shape index (κ2) is 3.09. The third kappa shape index (κ3) is 1.45. The molecule has 0 heterocycles. The lowest BCUT2D eigenvalue weighted by atomic mass is 10.1. The fourth-order valence-corrected chi connectivity index (χ4v) is 0.891. The van der Waals surface area contributed by atoms with E-state index in [1.54, 1.807) is 0 Å². The number of halogens is 1. The zero-order chi connectivity index (χ0) is 9.14. The summed E-state index contributed by atoms with van der Waals surface area (Å²) < 4.78 is 12.8. The van der Waals surface area contributed by atoms with E-state index in [0.29, 0.717) is 5.56 Å². The highest BCUT2D eigenvalue weighted by Crippen LogP contribution is 2.20. The van der Waals surface area contributed by atoms with Crippen LogP contribution in [0.4, 0.5) is 15.8 Å². The van der Waals surface area contributed by atoms with Crippen LogP contribution in [-0.4, -0.2) is 0 Å². The quantitative estimate of drug-likeness (QED) is 0.611. The predicted molar refractivity (Wildman–Crippen MR) is 44.5 cm³/mol. The normalized spacial score (nSPS) is 9.33. The van der Waals surface area contributed by atoms with E-state index in [0.717, 1.165) is 0 Å². The predicted octanol–water partition coefficient (Wildman–Crippen LogP) is 1.06. The number of benzene rings is 1. The van der Waals surface area contributed by atoms with Crippen molar-refractivity contribution in [1.29, 1.82) is 5.26 Å². The fraction of sp³-hybridized carbons (Fsp3) is 0.125. The van der Waals surface area contributed by atoms with Gasteiger partial charge in [-0.25, -0.2) is 4.39 Å². The van der Waals surface area contributed by atoms with Crippen LogP contribution in [0.5, 0.6) is 0 Å². The molecule has 0 aliphatic rings. The van der Waals surface area contributed by atoms with Crippen molar-refractivity contribution in [2.24, 2.45) is 0 Å². The van der Waals surface area contributed by atoms with Crippen molar-refractivity contribution in [2.45, 2.75) is 6.42 Å². The van der Waals surface area contributed by atoms with E-state index in [2.05, 4.69) is 0 Å². The maximum Gasteiger partial charge on any atom is 0.148 e. The Hall–Kier alpha value is -1.76. The highest BCUT2D eigenvalue weighted by Gasteiger charge is 2.04. The van der Waals surface area contributed by atoms with Crippen molar-refractivity contribution in [3.8, 4) is 6.07 Å². The molecule has 12 heavy (non-hydrogen) atoms. The molecule has 0 aliphatic heterocycles. The molecule has 0 bridgehead atoms. The average molecular weight is 165 g/mol. The lowest BCUT2D eigenvalue weighted by Gasteiger charge is -2.02. The van der Waals surface area contributed by atoms with Crippen molar-refractivity contribution in [1.82, 2.24) is 0 Å². The van der Waals surface area contributed by atoms with E-state index in [9.17, 15) is 4.39 Å². The molecule has 0 saturated carbocycles. The Kier molecular flexibility index (Phi) is 2.15. The highest BCUT2D eigenvalue weighted by atomic mass is 19.1. The molecule has 0 aliphatic carbocycles. The molecule has 0 radical (unpaired) electrons. The van der Waals surface area contributed by atoms with Gasteiger partial charge in [0, 0.05) is 0 Å². The minimum absolute atomic E-state index is 0.0586. The molecule has 0 fully saturated rings. The summed E-state index contributed by atoms with van der Waals surface area (Å²) in [4.78, 5) is 0. The molecule has 1 rings (SSSR count). The molecule has 0 spiro atoms. The summed E-state index contributed by atoms with van der Waals surface area (Å²) in [6.07, 6.45) is 0.140. The molecule has 4 N–H and O–H groups in total. The summed E-state index contributed by atoms with van der Waals surface area (Å²) in [5.74, 6) is -0.569. The van der Waals surface area contributed by atoms with Gasteiger partial charge in [0.1, 0.15) is 5.82 Å². The second-order valence-electron chi connectivity index (χ2n) is 2.42. The maximum atomic E-state index is 12.8. The summed E-state index contributed by atoms with van der Waals surface area (Å²) in [7, 11) is 0. The Morgan fingerprint density at radius 2 is 2.08 bits per heavy atom. The lowest BCUT2D eigenvalue weighted by Crippen LogP contribution is -1.99. The summed E-state index contributed by atoms with van der Waals surface area (Å²) >= 11 is 0. The van der Waals surface area contributed by atoms with E-state index >= 15 is 0 Å². The number of nitrogen functional groups attached to an aromatic ring is 2. The third-order valence-corrected chi connectivity index (χ3v) is 1.50. The van der Waals surface area contributed by atoms with Gasteiger partial charge in [-0.2, -0.15) is 5.26 Å². The van der Waals surface area contributed by atoms with Crippen molar-refractivity contribution in [3.63, 3.8) is 0 Å². The van der Waals surface area contributed by atoms with E-state index in [-0.39, 0.29) is 17.8 Å². The zero-order valence-corrected chi connectivity index (χ0v) is 6.34. The van der Waals surface area contributed by atoms with E-state index in [1.165, 1.54) is 12.1 Å². The number of nitrogens with two attached hydrogens (primary N) is 2. The van der Waals surface area contributed by atoms with Crippen LogP contribution in [0.3, 0.4) is 0 Å². The van der Waals surface area contributed by atoms with Crippen LogP contribution in [0.25, 0.3) is 0 Å². The van der Waals surface area contributed by atoms with Gasteiger partial charge in [-0.15, -0.1) is 0 Å². The molecule has 4 heteroatoms. The van der Waals surface area contributed by atoms with Gasteiger partial charge in [0.15, 0.2) is 0 Å².